The van der Waals surface area contributed by atoms with E-state index >= 15 is 0 Å². The summed E-state index contributed by atoms with van der Waals surface area (Å²) >= 11 is 2.26. The van der Waals surface area contributed by atoms with Crippen molar-refractivity contribution >= 4 is 46.4 Å². The predicted octanol–water partition coefficient (Wildman–Crippen LogP) is 2.99. The second-order valence-corrected chi connectivity index (χ2v) is 10.7. The molecular weight excluding hydrogens is 450 g/mol. The molecule has 0 radical (unpaired) electrons. The fourth-order valence-corrected chi connectivity index (χ4v) is 6.88. The van der Waals surface area contributed by atoms with Crippen molar-refractivity contribution in [3.8, 4) is 0 Å². The van der Waals surface area contributed by atoms with Gasteiger partial charge in [-0.15, -0.1) is 11.8 Å². The monoisotopic (exact) mass is 479 g/mol. The summed E-state index contributed by atoms with van der Waals surface area (Å²) in [5.41, 5.74) is 0.414. The first-order valence-corrected chi connectivity index (χ1v) is 12.7. The van der Waals surface area contributed by atoms with Gasteiger partial charge < -0.3 is 10.4 Å². The van der Waals surface area contributed by atoms with Crippen LogP contribution in [0.15, 0.2) is 24.5 Å². The van der Waals surface area contributed by atoms with Crippen LogP contribution in [0.2, 0.25) is 0 Å². The summed E-state index contributed by atoms with van der Waals surface area (Å²) < 4.78 is 0. The van der Waals surface area contributed by atoms with Crippen LogP contribution < -0.4 is 5.32 Å². The molecule has 0 aliphatic carbocycles. The van der Waals surface area contributed by atoms with Gasteiger partial charge in [-0.05, 0) is 30.9 Å². The number of thioether (sulfide) groups is 2. The molecule has 2 saturated heterocycles. The topological polar surface area (TPSA) is 117 Å². The number of carbonyl (C=O) groups excluding carboxylic acids is 3. The number of nitrogens with one attached hydrogen (secondary N) is 1. The van der Waals surface area contributed by atoms with E-state index in [1.165, 1.54) is 22.9 Å². The van der Waals surface area contributed by atoms with E-state index in [1.54, 1.807) is 18.3 Å². The molecule has 0 aromatic carbocycles. The van der Waals surface area contributed by atoms with E-state index in [1.807, 2.05) is 20.8 Å². The minimum Gasteiger partial charge on any atom is -0.480 e. The smallest absolute Gasteiger partial charge is 0.327 e. The molecule has 1 aromatic heterocycles. The van der Waals surface area contributed by atoms with Gasteiger partial charge in [0.2, 0.25) is 16.9 Å². The van der Waals surface area contributed by atoms with Crippen LogP contribution in [-0.2, 0) is 14.4 Å². The quantitative estimate of drug-likeness (QED) is 0.613. The van der Waals surface area contributed by atoms with Gasteiger partial charge in [0.05, 0.1) is 5.25 Å². The second kappa shape index (κ2) is 10.2. The molecule has 1 aromatic rings. The van der Waals surface area contributed by atoms with Crippen molar-refractivity contribution in [2.75, 3.05) is 5.75 Å². The third kappa shape index (κ3) is 4.80. The zero-order chi connectivity index (χ0) is 23.5. The van der Waals surface area contributed by atoms with Crippen molar-refractivity contribution in [1.82, 2.24) is 15.2 Å². The molecule has 0 bridgehead atoms. The van der Waals surface area contributed by atoms with Crippen LogP contribution in [-0.4, -0.2) is 59.9 Å². The largest absolute Gasteiger partial charge is 0.480 e. The van der Waals surface area contributed by atoms with E-state index in [9.17, 15) is 24.3 Å². The highest BCUT2D eigenvalue weighted by molar-refractivity contribution is 8.15. The van der Waals surface area contributed by atoms with E-state index in [4.69, 9.17) is 0 Å². The van der Waals surface area contributed by atoms with E-state index in [0.717, 1.165) is 11.8 Å². The van der Waals surface area contributed by atoms with Crippen LogP contribution in [0.1, 0.15) is 56.8 Å². The van der Waals surface area contributed by atoms with Gasteiger partial charge in [-0.1, -0.05) is 39.0 Å². The highest BCUT2D eigenvalue weighted by Gasteiger charge is 2.57. The molecule has 2 N–H and O–H groups in total. The highest BCUT2D eigenvalue weighted by Crippen LogP contribution is 2.47. The van der Waals surface area contributed by atoms with Crippen molar-refractivity contribution in [3.63, 3.8) is 0 Å². The van der Waals surface area contributed by atoms with Crippen LogP contribution in [0.5, 0.6) is 0 Å². The van der Waals surface area contributed by atoms with E-state index < -0.39 is 22.3 Å². The lowest BCUT2D eigenvalue weighted by Crippen LogP contribution is -2.64. The van der Waals surface area contributed by atoms with E-state index in [-0.39, 0.29) is 40.9 Å². The van der Waals surface area contributed by atoms with Gasteiger partial charge in [0.25, 0.3) is 0 Å². The Morgan fingerprint density at radius 1 is 1.44 bits per heavy atom. The number of aliphatic carboxylic acids is 1. The number of carboxylic acid groups (broad SMARTS) is 1. The first-order valence-electron chi connectivity index (χ1n) is 10.8. The summed E-state index contributed by atoms with van der Waals surface area (Å²) in [5, 5.41) is 11.8. The van der Waals surface area contributed by atoms with Gasteiger partial charge in [-0.2, -0.15) is 0 Å². The Balaban J connectivity index is 1.89. The minimum absolute atomic E-state index is 0.107. The van der Waals surface area contributed by atoms with Crippen LogP contribution >= 0.6 is 23.5 Å². The standard InChI is InChI=1S/C22H29N3O5S2/c1-4-13(2)18(32-21(30)15-8-6-10-23-11-15)19(27)24-22-14(3)7-5-9-17(26)25(22)16(12-31-22)20(28)29/h6,8,10-11,13-14,16,18H,4-5,7,9,12H2,1-3H3,(H,24,27)(H,28,29)/t13-,14?,16?,18-,22?/m0/s1. The van der Waals surface area contributed by atoms with Crippen LogP contribution in [0, 0.1) is 11.8 Å². The van der Waals surface area contributed by atoms with Gasteiger partial charge in [-0.25, -0.2) is 4.79 Å². The molecule has 3 heterocycles. The molecular formula is C22H29N3O5S2. The highest BCUT2D eigenvalue weighted by atomic mass is 32.2. The Hall–Kier alpha value is -2.07. The second-order valence-electron chi connectivity index (χ2n) is 8.36. The molecule has 3 unspecified atom stereocenters. The number of nitrogens with zero attached hydrogens (tertiary/aromatic N) is 2. The number of carboxylic acids is 1. The summed E-state index contributed by atoms with van der Waals surface area (Å²) in [4.78, 5) is 55.3. The zero-order valence-electron chi connectivity index (χ0n) is 18.4. The molecule has 2 aliphatic rings. The molecule has 0 spiro atoms. The molecule has 32 heavy (non-hydrogen) atoms. The average Bonchev–Trinajstić information content (AvgIpc) is 3.12. The van der Waals surface area contributed by atoms with Gasteiger partial charge in [0.15, 0.2) is 4.99 Å². The van der Waals surface area contributed by atoms with Crippen molar-refractivity contribution < 1.29 is 24.3 Å². The molecule has 2 fully saturated rings. The maximum Gasteiger partial charge on any atom is 0.327 e. The Kier molecular flexibility index (Phi) is 7.87. The molecule has 10 heteroatoms. The van der Waals surface area contributed by atoms with Crippen molar-refractivity contribution in [2.24, 2.45) is 11.8 Å². The number of pyridine rings is 1. The predicted molar refractivity (Wildman–Crippen MR) is 124 cm³/mol. The number of aromatic nitrogens is 1. The van der Waals surface area contributed by atoms with Crippen molar-refractivity contribution in [3.05, 3.63) is 30.1 Å². The summed E-state index contributed by atoms with van der Waals surface area (Å²) in [7, 11) is 0. The van der Waals surface area contributed by atoms with Gasteiger partial charge >= 0.3 is 5.97 Å². The van der Waals surface area contributed by atoms with Crippen molar-refractivity contribution in [2.45, 2.75) is 62.7 Å². The summed E-state index contributed by atoms with van der Waals surface area (Å²) in [6.07, 6.45) is 5.32. The van der Waals surface area contributed by atoms with Crippen LogP contribution in [0.4, 0.5) is 0 Å². The molecule has 0 saturated carbocycles. The molecule has 8 nitrogen and oxygen atoms in total. The third-order valence-corrected chi connectivity index (χ3v) is 9.24. The first kappa shape index (κ1) is 24.6. The average molecular weight is 480 g/mol. The Morgan fingerprint density at radius 2 is 2.19 bits per heavy atom. The normalized spacial score (nSPS) is 27.2. The lowest BCUT2D eigenvalue weighted by atomic mass is 9.99. The van der Waals surface area contributed by atoms with Crippen LogP contribution in [0.25, 0.3) is 0 Å². The van der Waals surface area contributed by atoms with Gasteiger partial charge in [0.1, 0.15) is 6.04 Å². The van der Waals surface area contributed by atoms with Crippen molar-refractivity contribution in [1.29, 1.82) is 0 Å². The number of amides is 2. The molecule has 5 atom stereocenters. The Morgan fingerprint density at radius 3 is 2.81 bits per heavy atom. The van der Waals surface area contributed by atoms with E-state index in [0.29, 0.717) is 24.8 Å². The summed E-state index contributed by atoms with van der Waals surface area (Å²) in [6, 6.07) is 2.34. The third-order valence-electron chi connectivity index (χ3n) is 6.23. The number of hydrogen-bond donors (Lipinski definition) is 2. The molecule has 3 rings (SSSR count). The number of rotatable bonds is 7. The van der Waals surface area contributed by atoms with Crippen LogP contribution in [0.3, 0.4) is 0 Å². The lowest BCUT2D eigenvalue weighted by molar-refractivity contribution is -0.153. The number of fused-ring (bicyclic) bond motifs is 1. The maximum atomic E-state index is 13.6. The maximum absolute atomic E-state index is 13.6. The van der Waals surface area contributed by atoms with E-state index in [2.05, 4.69) is 10.3 Å². The SMILES string of the molecule is CC[C@H](C)[C@H](SC(=O)c1cccnc1)C(=O)NC12SCC(C(=O)O)N1C(=O)CCCC2C. The molecule has 2 amide bonds. The fourth-order valence-electron chi connectivity index (χ4n) is 4.15. The van der Waals surface area contributed by atoms with Gasteiger partial charge in [-0.3, -0.25) is 24.3 Å². The Bertz CT molecular complexity index is 884. The first-order chi connectivity index (χ1) is 15.2. The summed E-state index contributed by atoms with van der Waals surface area (Å²) in [6.45, 7) is 5.80. The molecule has 174 valence electrons. The fraction of sp³-hybridized carbons (Fsp3) is 0.591. The Labute approximate surface area is 196 Å². The minimum atomic E-state index is -1.13. The van der Waals surface area contributed by atoms with Gasteiger partial charge in [0, 0.05) is 36.0 Å². The summed E-state index contributed by atoms with van der Waals surface area (Å²) in [5.74, 6) is -1.72. The zero-order valence-corrected chi connectivity index (χ0v) is 20.1. The molecule has 2 aliphatic heterocycles. The number of carbonyl (C=O) groups is 4. The lowest BCUT2D eigenvalue weighted by Gasteiger charge is -2.43. The number of hydrogen-bond acceptors (Lipinski definition) is 7.